The Kier molecular flexibility index (Phi) is 4.58. The monoisotopic (exact) mass is 270 g/mol. The van der Waals surface area contributed by atoms with E-state index in [4.69, 9.17) is 5.73 Å². The van der Waals surface area contributed by atoms with E-state index in [1.54, 1.807) is 4.90 Å². The number of nitrogens with zero attached hydrogens (tertiary/aromatic N) is 1. The van der Waals surface area contributed by atoms with Gasteiger partial charge >= 0.3 is 0 Å². The molecule has 2 rings (SSSR count). The van der Waals surface area contributed by atoms with E-state index in [0.717, 1.165) is 31.7 Å². The molecule has 0 aromatic heterocycles. The van der Waals surface area contributed by atoms with Crippen LogP contribution >= 0.6 is 0 Å². The number of aliphatic hydroxyl groups is 1. The topological polar surface area (TPSA) is 49.5 Å². The summed E-state index contributed by atoms with van der Waals surface area (Å²) in [5.74, 6) is -1.82. The van der Waals surface area contributed by atoms with E-state index < -0.39 is 11.6 Å². The zero-order valence-corrected chi connectivity index (χ0v) is 10.9. The second-order valence-electron chi connectivity index (χ2n) is 5.01. The molecule has 0 amide bonds. The predicted octanol–water partition coefficient (Wildman–Crippen LogP) is 2.68. The second kappa shape index (κ2) is 6.19. The molecule has 3 nitrogen and oxygen atoms in total. The molecule has 0 bridgehead atoms. The van der Waals surface area contributed by atoms with Crippen LogP contribution < -0.4 is 10.6 Å². The van der Waals surface area contributed by atoms with Gasteiger partial charge in [-0.05, 0) is 25.0 Å². The fraction of sp³-hybridized carbons (Fsp3) is 0.571. The molecule has 1 aromatic carbocycles. The molecule has 1 aromatic rings. The van der Waals surface area contributed by atoms with Gasteiger partial charge in [0.2, 0.25) is 0 Å². The number of halogens is 2. The lowest BCUT2D eigenvalue weighted by molar-refractivity contribution is 0.289. The summed E-state index contributed by atoms with van der Waals surface area (Å²) in [6, 6.07) is 2.53. The highest BCUT2D eigenvalue weighted by Crippen LogP contribution is 2.34. The van der Waals surface area contributed by atoms with Crippen molar-refractivity contribution in [2.45, 2.75) is 38.1 Å². The van der Waals surface area contributed by atoms with Gasteiger partial charge in [0.15, 0.2) is 11.6 Å². The van der Waals surface area contributed by atoms with Crippen molar-refractivity contribution in [2.75, 3.05) is 23.8 Å². The first-order valence-corrected chi connectivity index (χ1v) is 6.76. The molecule has 106 valence electrons. The molecule has 0 radical (unpaired) electrons. The molecule has 3 N–H and O–H groups in total. The summed E-state index contributed by atoms with van der Waals surface area (Å²) in [6.07, 6.45) is 5.17. The van der Waals surface area contributed by atoms with Crippen LogP contribution in [0.1, 0.15) is 32.1 Å². The summed E-state index contributed by atoms with van der Waals surface area (Å²) in [6.45, 7) is 0.168. The van der Waals surface area contributed by atoms with E-state index in [1.165, 1.54) is 12.5 Å². The standard InChI is InChI=1S/C14H20F2N2O/c15-11-6-7-12(17)14(13(11)16)18(8-9-19)10-4-2-1-3-5-10/h6-7,10,19H,1-5,8-9,17H2. The Hall–Kier alpha value is -1.36. The zero-order chi connectivity index (χ0) is 13.8. The normalized spacial score (nSPS) is 16.6. The third kappa shape index (κ3) is 2.97. The SMILES string of the molecule is Nc1ccc(F)c(F)c1N(CCO)C1CCCCC1. The summed E-state index contributed by atoms with van der Waals surface area (Å²) >= 11 is 0. The molecule has 1 aliphatic rings. The van der Waals surface area contributed by atoms with Crippen LogP contribution in [0.25, 0.3) is 0 Å². The van der Waals surface area contributed by atoms with E-state index in [-0.39, 0.29) is 30.6 Å². The van der Waals surface area contributed by atoms with Gasteiger partial charge in [-0.1, -0.05) is 19.3 Å². The Morgan fingerprint density at radius 3 is 2.53 bits per heavy atom. The van der Waals surface area contributed by atoms with Crippen molar-refractivity contribution >= 4 is 11.4 Å². The number of nitrogen functional groups attached to an aromatic ring is 1. The lowest BCUT2D eigenvalue weighted by atomic mass is 9.93. The van der Waals surface area contributed by atoms with Gasteiger partial charge < -0.3 is 15.7 Å². The maximum atomic E-state index is 14.0. The number of hydrogen-bond acceptors (Lipinski definition) is 3. The van der Waals surface area contributed by atoms with Gasteiger partial charge in [0.25, 0.3) is 0 Å². The molecule has 1 saturated carbocycles. The van der Waals surface area contributed by atoms with Crippen LogP contribution in [0, 0.1) is 11.6 Å². The van der Waals surface area contributed by atoms with Crippen molar-refractivity contribution in [2.24, 2.45) is 0 Å². The molecular weight excluding hydrogens is 250 g/mol. The van der Waals surface area contributed by atoms with Crippen LogP contribution in [0.3, 0.4) is 0 Å². The number of hydrogen-bond donors (Lipinski definition) is 2. The fourth-order valence-corrected chi connectivity index (χ4v) is 2.82. The van der Waals surface area contributed by atoms with Crippen molar-refractivity contribution in [1.82, 2.24) is 0 Å². The van der Waals surface area contributed by atoms with Crippen molar-refractivity contribution in [1.29, 1.82) is 0 Å². The molecule has 1 fully saturated rings. The van der Waals surface area contributed by atoms with E-state index in [0.29, 0.717) is 0 Å². The molecule has 19 heavy (non-hydrogen) atoms. The molecule has 0 saturated heterocycles. The second-order valence-corrected chi connectivity index (χ2v) is 5.01. The number of rotatable bonds is 4. The Morgan fingerprint density at radius 2 is 1.89 bits per heavy atom. The molecule has 0 unspecified atom stereocenters. The number of anilines is 2. The molecule has 0 atom stereocenters. The highest BCUT2D eigenvalue weighted by molar-refractivity contribution is 5.69. The van der Waals surface area contributed by atoms with Gasteiger partial charge in [-0.15, -0.1) is 0 Å². The smallest absolute Gasteiger partial charge is 0.184 e. The minimum absolute atomic E-state index is 0.0981. The average molecular weight is 270 g/mol. The van der Waals surface area contributed by atoms with Crippen molar-refractivity contribution in [3.8, 4) is 0 Å². The van der Waals surface area contributed by atoms with Crippen LogP contribution in [0.15, 0.2) is 12.1 Å². The lowest BCUT2D eigenvalue weighted by Gasteiger charge is -2.36. The molecule has 1 aliphatic carbocycles. The Labute approximate surface area is 112 Å². The quantitative estimate of drug-likeness (QED) is 0.827. The summed E-state index contributed by atoms with van der Waals surface area (Å²) in [5, 5.41) is 9.18. The van der Waals surface area contributed by atoms with Gasteiger partial charge in [0.05, 0.1) is 18.0 Å². The summed E-state index contributed by atoms with van der Waals surface area (Å²) < 4.78 is 27.4. The maximum Gasteiger partial charge on any atom is 0.184 e. The maximum absolute atomic E-state index is 14.0. The number of benzene rings is 1. The van der Waals surface area contributed by atoms with Crippen LogP contribution in [0.4, 0.5) is 20.2 Å². The summed E-state index contributed by atoms with van der Waals surface area (Å²) in [7, 11) is 0. The molecule has 5 heteroatoms. The van der Waals surface area contributed by atoms with E-state index in [2.05, 4.69) is 0 Å². The van der Waals surface area contributed by atoms with Gasteiger partial charge in [0, 0.05) is 12.6 Å². The first-order valence-electron chi connectivity index (χ1n) is 6.76. The third-order valence-electron chi connectivity index (χ3n) is 3.74. The Balaban J connectivity index is 2.35. The predicted molar refractivity (Wildman–Crippen MR) is 72.1 cm³/mol. The minimum Gasteiger partial charge on any atom is -0.397 e. The zero-order valence-electron chi connectivity index (χ0n) is 10.9. The van der Waals surface area contributed by atoms with E-state index in [1.807, 2.05) is 0 Å². The Morgan fingerprint density at radius 1 is 1.21 bits per heavy atom. The number of aliphatic hydroxyl groups excluding tert-OH is 1. The average Bonchev–Trinajstić information content (AvgIpc) is 2.43. The Bertz CT molecular complexity index is 434. The van der Waals surface area contributed by atoms with Crippen LogP contribution in [0.2, 0.25) is 0 Å². The first kappa shape index (κ1) is 14.1. The van der Waals surface area contributed by atoms with Crippen LogP contribution in [-0.4, -0.2) is 24.3 Å². The van der Waals surface area contributed by atoms with E-state index in [9.17, 15) is 13.9 Å². The largest absolute Gasteiger partial charge is 0.397 e. The van der Waals surface area contributed by atoms with Crippen LogP contribution in [0.5, 0.6) is 0 Å². The molecular formula is C14H20F2N2O. The minimum atomic E-state index is -0.918. The first-order chi connectivity index (χ1) is 9.15. The van der Waals surface area contributed by atoms with Gasteiger partial charge in [-0.25, -0.2) is 8.78 Å². The van der Waals surface area contributed by atoms with Crippen molar-refractivity contribution in [3.63, 3.8) is 0 Å². The van der Waals surface area contributed by atoms with Gasteiger partial charge in [-0.3, -0.25) is 0 Å². The molecule has 0 aliphatic heterocycles. The number of nitrogens with two attached hydrogens (primary N) is 1. The fourth-order valence-electron chi connectivity index (χ4n) is 2.82. The molecule has 0 spiro atoms. The summed E-state index contributed by atoms with van der Waals surface area (Å²) in [4.78, 5) is 1.73. The molecule has 0 heterocycles. The van der Waals surface area contributed by atoms with Crippen molar-refractivity contribution in [3.05, 3.63) is 23.8 Å². The van der Waals surface area contributed by atoms with Gasteiger partial charge in [-0.2, -0.15) is 0 Å². The third-order valence-corrected chi connectivity index (χ3v) is 3.74. The van der Waals surface area contributed by atoms with Gasteiger partial charge in [0.1, 0.15) is 0 Å². The van der Waals surface area contributed by atoms with Crippen LogP contribution in [-0.2, 0) is 0 Å². The lowest BCUT2D eigenvalue weighted by Crippen LogP contribution is -2.40. The summed E-state index contributed by atoms with van der Waals surface area (Å²) in [5.41, 5.74) is 6.12. The van der Waals surface area contributed by atoms with E-state index >= 15 is 0 Å². The highest BCUT2D eigenvalue weighted by atomic mass is 19.2. The van der Waals surface area contributed by atoms with Crippen molar-refractivity contribution < 1.29 is 13.9 Å². The highest BCUT2D eigenvalue weighted by Gasteiger charge is 2.26.